The number of aryl methyl sites for hydroxylation is 3. The molecule has 278 valence electrons. The molecule has 0 aliphatic rings. The molecule has 0 saturated heterocycles. The fourth-order valence-electron chi connectivity index (χ4n) is 6.63. The Morgan fingerprint density at radius 1 is 0.608 bits per heavy atom. The van der Waals surface area contributed by atoms with Gasteiger partial charge in [0.25, 0.3) is 0 Å². The first-order valence-electron chi connectivity index (χ1n) is 19.9. The summed E-state index contributed by atoms with van der Waals surface area (Å²) in [6, 6.07) is 19.5. The molecule has 0 amide bonds. The minimum atomic E-state index is -0.734. The lowest BCUT2D eigenvalue weighted by molar-refractivity contribution is -0.141. The van der Waals surface area contributed by atoms with Crippen LogP contribution < -0.4 is 9.47 Å². The van der Waals surface area contributed by atoms with Gasteiger partial charge in [-0.25, -0.2) is 0 Å². The summed E-state index contributed by atoms with van der Waals surface area (Å²) in [6.45, 7) is 6.32. The van der Waals surface area contributed by atoms with Crippen LogP contribution in [0.3, 0.4) is 0 Å². The van der Waals surface area contributed by atoms with E-state index in [1.807, 2.05) is 0 Å². The van der Waals surface area contributed by atoms with Crippen molar-refractivity contribution >= 4 is 30.3 Å². The van der Waals surface area contributed by atoms with Gasteiger partial charge >= 0.3 is 5.97 Å². The first-order chi connectivity index (χ1) is 24.9. The van der Waals surface area contributed by atoms with Gasteiger partial charge in [0.1, 0.15) is 11.5 Å². The Kier molecular flexibility index (Phi) is 19.9. The molecule has 0 aliphatic carbocycles. The Balaban J connectivity index is 1.82. The van der Waals surface area contributed by atoms with Crippen molar-refractivity contribution in [2.75, 3.05) is 14.2 Å². The number of benzene rings is 3. The highest BCUT2D eigenvalue weighted by Crippen LogP contribution is 2.30. The first kappa shape index (κ1) is 41.6. The summed E-state index contributed by atoms with van der Waals surface area (Å²) in [5.74, 6) is 0.684. The lowest BCUT2D eigenvalue weighted by atomic mass is 9.95. The molecule has 3 rings (SSSR count). The summed E-state index contributed by atoms with van der Waals surface area (Å²) in [5.41, 5.74) is 8.49. The van der Waals surface area contributed by atoms with E-state index < -0.39 is 5.97 Å². The topological polar surface area (TPSA) is 55.8 Å². The first-order valence-corrected chi connectivity index (χ1v) is 19.9. The second-order valence-corrected chi connectivity index (χ2v) is 14.3. The molecule has 0 heterocycles. The number of aliphatic carboxylic acids is 1. The SMILES string of the molecule is CCCCCCCCCc1ccc(OC)cc1/C=C/c1cc(CCCCCCCCC)c(/C=C/c2ccc(CCC(C)C(=O)O)cc2)cc1OC. The molecule has 0 radical (unpaired) electrons. The summed E-state index contributed by atoms with van der Waals surface area (Å²) in [7, 11) is 3.50. The van der Waals surface area contributed by atoms with Crippen LogP contribution in [0.4, 0.5) is 0 Å². The molecule has 4 heteroatoms. The van der Waals surface area contributed by atoms with Crippen LogP contribution >= 0.6 is 0 Å². The Hall–Kier alpha value is -3.79. The van der Waals surface area contributed by atoms with Gasteiger partial charge in [0, 0.05) is 5.56 Å². The monoisotopic (exact) mass is 694 g/mol. The third-order valence-electron chi connectivity index (χ3n) is 10.1. The summed E-state index contributed by atoms with van der Waals surface area (Å²) >= 11 is 0. The molecule has 3 aromatic carbocycles. The Bertz CT molecular complexity index is 1480. The van der Waals surface area contributed by atoms with Crippen molar-refractivity contribution in [3.63, 3.8) is 0 Å². The molecule has 0 saturated carbocycles. The van der Waals surface area contributed by atoms with Gasteiger partial charge in [-0.3, -0.25) is 4.79 Å². The quantitative estimate of drug-likeness (QED) is 0.0671. The molecular formula is C47H66O4. The molecule has 3 aromatic rings. The zero-order valence-corrected chi connectivity index (χ0v) is 32.5. The van der Waals surface area contributed by atoms with E-state index in [1.165, 1.54) is 118 Å². The van der Waals surface area contributed by atoms with Crippen LogP contribution in [-0.4, -0.2) is 25.3 Å². The van der Waals surface area contributed by atoms with Crippen LogP contribution in [-0.2, 0) is 24.1 Å². The number of rotatable bonds is 26. The standard InChI is InChI=1S/C47H66O4/c1-6-8-10-12-14-16-18-20-40-32-33-45(50-4)35-42(40)30-31-44-34-41(21-19-17-15-13-11-9-7-2)43(36-46(44)51-5)29-28-39-26-24-38(25-27-39)23-22-37(3)47(48)49/h24-37H,6-23H2,1-5H3,(H,48,49)/b29-28+,31-30+. The van der Waals surface area contributed by atoms with Crippen molar-refractivity contribution in [1.82, 2.24) is 0 Å². The van der Waals surface area contributed by atoms with Gasteiger partial charge in [0.2, 0.25) is 0 Å². The van der Waals surface area contributed by atoms with E-state index >= 15 is 0 Å². The molecule has 1 atom stereocenters. The lowest BCUT2D eigenvalue weighted by Crippen LogP contribution is -2.10. The van der Waals surface area contributed by atoms with Gasteiger partial charge in [-0.05, 0) is 96.2 Å². The number of carboxylic acids is 1. The maximum absolute atomic E-state index is 11.2. The molecule has 0 fully saturated rings. The molecule has 4 nitrogen and oxygen atoms in total. The number of carbonyl (C=O) groups is 1. The van der Waals surface area contributed by atoms with Crippen molar-refractivity contribution < 1.29 is 19.4 Å². The Morgan fingerprint density at radius 3 is 1.75 bits per heavy atom. The van der Waals surface area contributed by atoms with Gasteiger partial charge in [-0.2, -0.15) is 0 Å². The van der Waals surface area contributed by atoms with Crippen molar-refractivity contribution in [1.29, 1.82) is 0 Å². The Morgan fingerprint density at radius 2 is 1.16 bits per heavy atom. The summed E-state index contributed by atoms with van der Waals surface area (Å²) in [6.07, 6.45) is 30.5. The zero-order valence-electron chi connectivity index (χ0n) is 32.5. The maximum Gasteiger partial charge on any atom is 0.306 e. The normalized spacial score (nSPS) is 12.2. The Labute approximate surface area is 310 Å². The van der Waals surface area contributed by atoms with E-state index in [0.29, 0.717) is 6.42 Å². The van der Waals surface area contributed by atoms with Gasteiger partial charge in [-0.15, -0.1) is 0 Å². The van der Waals surface area contributed by atoms with Crippen LogP contribution in [0.15, 0.2) is 54.6 Å². The summed E-state index contributed by atoms with van der Waals surface area (Å²) in [4.78, 5) is 11.2. The van der Waals surface area contributed by atoms with Crippen molar-refractivity contribution in [3.8, 4) is 11.5 Å². The van der Waals surface area contributed by atoms with Crippen LogP contribution in [0, 0.1) is 5.92 Å². The fraction of sp³-hybridized carbons (Fsp3) is 0.511. The van der Waals surface area contributed by atoms with Gasteiger partial charge in [0.15, 0.2) is 0 Å². The lowest BCUT2D eigenvalue weighted by Gasteiger charge is -2.13. The number of ether oxygens (including phenoxy) is 2. The highest BCUT2D eigenvalue weighted by Gasteiger charge is 2.11. The van der Waals surface area contributed by atoms with E-state index in [1.54, 1.807) is 21.1 Å². The average molecular weight is 695 g/mol. The minimum Gasteiger partial charge on any atom is -0.497 e. The second kappa shape index (κ2) is 24.4. The van der Waals surface area contributed by atoms with Crippen LogP contribution in [0.1, 0.15) is 156 Å². The van der Waals surface area contributed by atoms with Crippen molar-refractivity contribution in [2.45, 2.75) is 136 Å². The fourth-order valence-corrected chi connectivity index (χ4v) is 6.63. The minimum absolute atomic E-state index is 0.334. The van der Waals surface area contributed by atoms with E-state index in [2.05, 4.69) is 92.7 Å². The van der Waals surface area contributed by atoms with E-state index in [9.17, 15) is 9.90 Å². The molecule has 1 unspecified atom stereocenters. The molecule has 1 N–H and O–H groups in total. The van der Waals surface area contributed by atoms with E-state index in [0.717, 1.165) is 41.9 Å². The molecule has 51 heavy (non-hydrogen) atoms. The largest absolute Gasteiger partial charge is 0.497 e. The number of hydrogen-bond donors (Lipinski definition) is 1. The number of hydrogen-bond acceptors (Lipinski definition) is 3. The molecule has 0 aliphatic heterocycles. The van der Waals surface area contributed by atoms with E-state index in [4.69, 9.17) is 9.47 Å². The highest BCUT2D eigenvalue weighted by atomic mass is 16.5. The third-order valence-corrected chi connectivity index (χ3v) is 10.1. The predicted molar refractivity (Wildman–Crippen MR) is 219 cm³/mol. The highest BCUT2D eigenvalue weighted by molar-refractivity contribution is 5.78. The molecule has 0 aromatic heterocycles. The van der Waals surface area contributed by atoms with E-state index in [-0.39, 0.29) is 5.92 Å². The smallest absolute Gasteiger partial charge is 0.306 e. The molecular weight excluding hydrogens is 629 g/mol. The number of carboxylic acid groups (broad SMARTS) is 1. The van der Waals surface area contributed by atoms with Gasteiger partial charge in [0.05, 0.1) is 20.1 Å². The molecule has 0 spiro atoms. The van der Waals surface area contributed by atoms with Gasteiger partial charge < -0.3 is 14.6 Å². The van der Waals surface area contributed by atoms with Crippen LogP contribution in [0.5, 0.6) is 11.5 Å². The number of methoxy groups -OCH3 is 2. The summed E-state index contributed by atoms with van der Waals surface area (Å²) < 4.78 is 11.6. The van der Waals surface area contributed by atoms with Crippen molar-refractivity contribution in [2.24, 2.45) is 5.92 Å². The average Bonchev–Trinajstić information content (AvgIpc) is 3.15. The number of unbranched alkanes of at least 4 members (excludes halogenated alkanes) is 12. The third kappa shape index (κ3) is 15.6. The zero-order chi connectivity index (χ0) is 36.7. The summed E-state index contributed by atoms with van der Waals surface area (Å²) in [5, 5.41) is 9.22. The molecule has 0 bridgehead atoms. The predicted octanol–water partition coefficient (Wildman–Crippen LogP) is 13.3. The van der Waals surface area contributed by atoms with Crippen LogP contribution in [0.25, 0.3) is 24.3 Å². The maximum atomic E-state index is 11.2. The van der Waals surface area contributed by atoms with Crippen molar-refractivity contribution in [3.05, 3.63) is 93.5 Å². The second-order valence-electron chi connectivity index (χ2n) is 14.3. The van der Waals surface area contributed by atoms with Gasteiger partial charge in [-0.1, -0.05) is 152 Å². The van der Waals surface area contributed by atoms with Crippen LogP contribution in [0.2, 0.25) is 0 Å².